The molecule has 0 N–H and O–H groups in total. The molecule has 0 aromatic heterocycles. The molecule has 0 heterocycles. The Morgan fingerprint density at radius 2 is 1.93 bits per heavy atom. The molecular weight excluding hydrogens is 210 g/mol. The monoisotopic (exact) mass is 218 g/mol. The van der Waals surface area contributed by atoms with Gasteiger partial charge in [0.25, 0.3) is 0 Å². The molecule has 4 heteroatoms. The summed E-state index contributed by atoms with van der Waals surface area (Å²) in [4.78, 5) is 0. The average Bonchev–Trinajstić information content (AvgIpc) is 2.14. The van der Waals surface area contributed by atoms with Crippen LogP contribution in [0.1, 0.15) is 5.56 Å². The van der Waals surface area contributed by atoms with Crippen LogP contribution in [-0.2, 0) is 0 Å². The third-order valence-corrected chi connectivity index (χ3v) is 1.87. The lowest BCUT2D eigenvalue weighted by Crippen LogP contribution is -1.96. The van der Waals surface area contributed by atoms with Crippen LogP contribution in [0.2, 0.25) is 0 Å². The van der Waals surface area contributed by atoms with Crippen LogP contribution < -0.4 is 4.74 Å². The zero-order valence-electron chi connectivity index (χ0n) is 7.56. The summed E-state index contributed by atoms with van der Waals surface area (Å²) < 4.78 is 31.0. The fraction of sp³-hybridized carbons (Fsp3) is 0.200. The van der Waals surface area contributed by atoms with Crippen molar-refractivity contribution < 1.29 is 13.5 Å². The summed E-state index contributed by atoms with van der Waals surface area (Å²) in [6.07, 6.45) is 1.53. The predicted octanol–water partition coefficient (Wildman–Crippen LogP) is 3.40. The fourth-order valence-corrected chi connectivity index (χ4v) is 0.959. The first-order chi connectivity index (χ1) is 6.65. The van der Waals surface area contributed by atoms with E-state index in [0.29, 0.717) is 0 Å². The smallest absolute Gasteiger partial charge is 0.132 e. The molecule has 0 bridgehead atoms. The molecule has 0 radical (unpaired) electrons. The number of hydrogen-bond donors (Lipinski definition) is 0. The summed E-state index contributed by atoms with van der Waals surface area (Å²) in [6.45, 7) is 1.55. The second-order valence-electron chi connectivity index (χ2n) is 2.68. The van der Waals surface area contributed by atoms with E-state index in [1.54, 1.807) is 0 Å². The Bertz CT molecular complexity index is 327. The minimum absolute atomic E-state index is 0.00904. The molecule has 0 unspecified atom stereocenters. The van der Waals surface area contributed by atoms with Crippen molar-refractivity contribution >= 4 is 11.6 Å². The van der Waals surface area contributed by atoms with E-state index in [2.05, 4.69) is 0 Å². The molecule has 0 saturated heterocycles. The molecule has 0 fully saturated rings. The third kappa shape index (κ3) is 2.70. The molecule has 0 aliphatic carbocycles. The Kier molecular flexibility index (Phi) is 3.89. The third-order valence-electron chi connectivity index (χ3n) is 1.69. The largest absolute Gasteiger partial charge is 0.489 e. The van der Waals surface area contributed by atoms with E-state index in [4.69, 9.17) is 16.3 Å². The Morgan fingerprint density at radius 1 is 1.36 bits per heavy atom. The van der Waals surface area contributed by atoms with E-state index in [-0.39, 0.29) is 17.9 Å². The Balaban J connectivity index is 2.79. The lowest BCUT2D eigenvalue weighted by molar-refractivity contribution is 0.357. The molecule has 0 spiro atoms. The molecule has 1 aromatic carbocycles. The zero-order valence-corrected chi connectivity index (χ0v) is 8.31. The highest BCUT2D eigenvalue weighted by Crippen LogP contribution is 2.19. The van der Waals surface area contributed by atoms with Gasteiger partial charge in [0.15, 0.2) is 0 Å². The summed E-state index contributed by atoms with van der Waals surface area (Å²) in [5.74, 6) is -1.08. The number of benzene rings is 1. The van der Waals surface area contributed by atoms with Gasteiger partial charge in [0.05, 0.1) is 0 Å². The molecule has 1 nitrogen and oxygen atoms in total. The first-order valence-electron chi connectivity index (χ1n) is 3.99. The second kappa shape index (κ2) is 4.96. The van der Waals surface area contributed by atoms with E-state index in [0.717, 1.165) is 12.1 Å². The first-order valence-corrected chi connectivity index (χ1v) is 4.42. The van der Waals surface area contributed by atoms with Crippen LogP contribution in [0.3, 0.4) is 0 Å². The van der Waals surface area contributed by atoms with Gasteiger partial charge in [-0.25, -0.2) is 8.78 Å². The van der Waals surface area contributed by atoms with Crippen molar-refractivity contribution in [2.45, 2.75) is 6.92 Å². The minimum Gasteiger partial charge on any atom is -0.489 e. The molecule has 14 heavy (non-hydrogen) atoms. The standard InChI is InChI=1S/C10H9ClF2O/c1-7-9(12)5-8(6-10(7)13)14-4-2-3-11/h2-3,5-6H,4H2,1H3. The van der Waals surface area contributed by atoms with Crippen molar-refractivity contribution in [3.05, 3.63) is 40.9 Å². The Hall–Kier alpha value is -1.09. The Labute approximate surface area is 85.9 Å². The molecule has 0 aliphatic rings. The van der Waals surface area contributed by atoms with Gasteiger partial charge in [0, 0.05) is 23.2 Å². The van der Waals surface area contributed by atoms with Gasteiger partial charge in [0.2, 0.25) is 0 Å². The highest BCUT2D eigenvalue weighted by molar-refractivity contribution is 6.25. The van der Waals surface area contributed by atoms with Gasteiger partial charge in [-0.1, -0.05) is 11.6 Å². The summed E-state index contributed by atoms with van der Waals surface area (Å²) in [6, 6.07) is 2.28. The highest BCUT2D eigenvalue weighted by Gasteiger charge is 2.06. The van der Waals surface area contributed by atoms with Crippen molar-refractivity contribution in [1.82, 2.24) is 0 Å². The zero-order chi connectivity index (χ0) is 10.6. The van der Waals surface area contributed by atoms with Crippen molar-refractivity contribution in [3.8, 4) is 5.75 Å². The Morgan fingerprint density at radius 3 is 2.43 bits per heavy atom. The summed E-state index contributed by atoms with van der Waals surface area (Å²) in [5, 5.41) is 0. The average molecular weight is 219 g/mol. The highest BCUT2D eigenvalue weighted by atomic mass is 35.5. The van der Waals surface area contributed by atoms with Crippen LogP contribution in [0.15, 0.2) is 23.7 Å². The normalized spacial score (nSPS) is 10.9. The van der Waals surface area contributed by atoms with E-state index in [9.17, 15) is 8.78 Å². The van der Waals surface area contributed by atoms with Crippen LogP contribution in [0.4, 0.5) is 8.78 Å². The summed E-state index contributed by atoms with van der Waals surface area (Å²) in [5.41, 5.74) is 1.27. The van der Waals surface area contributed by atoms with Gasteiger partial charge in [0.1, 0.15) is 24.0 Å². The molecule has 76 valence electrons. The van der Waals surface area contributed by atoms with E-state index in [1.165, 1.54) is 18.5 Å². The number of rotatable bonds is 3. The van der Waals surface area contributed by atoms with Gasteiger partial charge in [-0.3, -0.25) is 0 Å². The van der Waals surface area contributed by atoms with Crippen LogP contribution in [0.25, 0.3) is 0 Å². The van der Waals surface area contributed by atoms with Gasteiger partial charge < -0.3 is 4.74 Å². The minimum atomic E-state index is -0.616. The molecule has 1 rings (SSSR count). The first kappa shape index (κ1) is 11.0. The van der Waals surface area contributed by atoms with Gasteiger partial charge in [-0.2, -0.15) is 0 Å². The second-order valence-corrected chi connectivity index (χ2v) is 2.94. The van der Waals surface area contributed by atoms with Gasteiger partial charge >= 0.3 is 0 Å². The molecule has 0 saturated carbocycles. The van der Waals surface area contributed by atoms with Gasteiger partial charge in [-0.15, -0.1) is 0 Å². The maximum Gasteiger partial charge on any atom is 0.132 e. The van der Waals surface area contributed by atoms with Crippen LogP contribution in [0, 0.1) is 18.6 Å². The van der Waals surface area contributed by atoms with Crippen LogP contribution >= 0.6 is 11.6 Å². The summed E-state index contributed by atoms with van der Waals surface area (Å²) in [7, 11) is 0. The van der Waals surface area contributed by atoms with E-state index >= 15 is 0 Å². The molecule has 0 aliphatic heterocycles. The molecular formula is C10H9ClF2O. The van der Waals surface area contributed by atoms with Gasteiger partial charge in [-0.05, 0) is 13.0 Å². The number of ether oxygens (including phenoxy) is 1. The van der Waals surface area contributed by atoms with E-state index in [1.807, 2.05) is 0 Å². The van der Waals surface area contributed by atoms with E-state index < -0.39 is 11.6 Å². The predicted molar refractivity (Wildman–Crippen MR) is 51.6 cm³/mol. The number of halogens is 3. The lowest BCUT2D eigenvalue weighted by Gasteiger charge is -2.05. The maximum absolute atomic E-state index is 13.0. The molecule has 0 amide bonds. The van der Waals surface area contributed by atoms with Crippen molar-refractivity contribution in [2.75, 3.05) is 6.61 Å². The van der Waals surface area contributed by atoms with Crippen LogP contribution in [0.5, 0.6) is 5.75 Å². The van der Waals surface area contributed by atoms with Crippen LogP contribution in [-0.4, -0.2) is 6.61 Å². The quantitative estimate of drug-likeness (QED) is 0.756. The maximum atomic E-state index is 13.0. The SMILES string of the molecule is Cc1c(F)cc(OCC=CCl)cc1F. The fourth-order valence-electron chi connectivity index (χ4n) is 0.886. The van der Waals surface area contributed by atoms with Crippen molar-refractivity contribution in [3.63, 3.8) is 0 Å². The van der Waals surface area contributed by atoms with Crippen molar-refractivity contribution in [2.24, 2.45) is 0 Å². The summed E-state index contributed by atoms with van der Waals surface area (Å²) >= 11 is 5.25. The lowest BCUT2D eigenvalue weighted by atomic mass is 10.2. The molecule has 0 atom stereocenters. The topological polar surface area (TPSA) is 9.23 Å². The number of hydrogen-bond acceptors (Lipinski definition) is 1. The van der Waals surface area contributed by atoms with Crippen molar-refractivity contribution in [1.29, 1.82) is 0 Å². The molecule has 1 aromatic rings.